The summed E-state index contributed by atoms with van der Waals surface area (Å²) in [5.74, 6) is -0.233. The molecule has 3 heteroatoms. The van der Waals surface area contributed by atoms with E-state index in [2.05, 4.69) is 0 Å². The van der Waals surface area contributed by atoms with Crippen LogP contribution in [-0.2, 0) is 6.42 Å². The molecule has 0 aliphatic heterocycles. The van der Waals surface area contributed by atoms with E-state index in [1.54, 1.807) is 12.1 Å². The van der Waals surface area contributed by atoms with Crippen LogP contribution in [0.25, 0.3) is 0 Å². The van der Waals surface area contributed by atoms with Crippen molar-refractivity contribution in [2.45, 2.75) is 25.3 Å². The van der Waals surface area contributed by atoms with Gasteiger partial charge in [-0.3, -0.25) is 0 Å². The zero-order valence-corrected chi connectivity index (χ0v) is 9.10. The molecule has 0 saturated heterocycles. The molecule has 2 N–H and O–H groups in total. The summed E-state index contributed by atoms with van der Waals surface area (Å²) in [7, 11) is 0. The van der Waals surface area contributed by atoms with Crippen molar-refractivity contribution in [3.63, 3.8) is 0 Å². The molecule has 1 aliphatic rings. The van der Waals surface area contributed by atoms with Crippen molar-refractivity contribution in [2.75, 3.05) is 0 Å². The van der Waals surface area contributed by atoms with E-state index in [1.165, 1.54) is 11.6 Å². The quantitative estimate of drug-likeness (QED) is 0.770. The second-order valence-electron chi connectivity index (χ2n) is 3.94. The maximum atomic E-state index is 13.5. The summed E-state index contributed by atoms with van der Waals surface area (Å²) in [5.41, 5.74) is 7.67. The van der Waals surface area contributed by atoms with Crippen LogP contribution in [0.4, 0.5) is 4.39 Å². The molecule has 1 atom stereocenters. The first kappa shape index (κ1) is 10.7. The molecular formula is C12H13ClFN. The Kier molecular flexibility index (Phi) is 3.08. The first-order chi connectivity index (χ1) is 7.15. The molecule has 0 amide bonds. The van der Waals surface area contributed by atoms with Gasteiger partial charge in [0.25, 0.3) is 0 Å². The lowest BCUT2D eigenvalue weighted by Gasteiger charge is -2.04. The molecule has 0 fully saturated rings. The predicted octanol–water partition coefficient (Wildman–Crippen LogP) is 3.07. The van der Waals surface area contributed by atoms with Crippen molar-refractivity contribution in [3.05, 3.63) is 46.3 Å². The molecule has 1 aliphatic carbocycles. The summed E-state index contributed by atoms with van der Waals surface area (Å²) in [5, 5.41) is 0.438. The largest absolute Gasteiger partial charge is 0.324 e. The zero-order valence-electron chi connectivity index (χ0n) is 8.34. The summed E-state index contributed by atoms with van der Waals surface area (Å²) in [6.07, 6.45) is 4.64. The number of nitrogens with two attached hydrogens (primary N) is 1. The average Bonchev–Trinajstić information content (AvgIpc) is 2.56. The third-order valence-electron chi connectivity index (χ3n) is 2.68. The molecule has 2 rings (SSSR count). The fourth-order valence-electron chi connectivity index (χ4n) is 1.88. The highest BCUT2D eigenvalue weighted by Crippen LogP contribution is 2.23. The summed E-state index contributed by atoms with van der Waals surface area (Å²) in [6.45, 7) is 0. The van der Waals surface area contributed by atoms with Gasteiger partial charge in [-0.25, -0.2) is 4.39 Å². The van der Waals surface area contributed by atoms with E-state index in [1.807, 2.05) is 6.08 Å². The molecule has 0 bridgehead atoms. The van der Waals surface area contributed by atoms with Crippen molar-refractivity contribution in [2.24, 2.45) is 5.73 Å². The van der Waals surface area contributed by atoms with E-state index in [0.29, 0.717) is 17.0 Å². The second kappa shape index (κ2) is 4.33. The van der Waals surface area contributed by atoms with Crippen molar-refractivity contribution < 1.29 is 4.39 Å². The van der Waals surface area contributed by atoms with Crippen LogP contribution in [0.15, 0.2) is 29.8 Å². The van der Waals surface area contributed by atoms with E-state index in [-0.39, 0.29) is 11.9 Å². The molecule has 1 unspecified atom stereocenters. The minimum atomic E-state index is -0.233. The molecule has 0 saturated carbocycles. The maximum absolute atomic E-state index is 13.5. The van der Waals surface area contributed by atoms with Crippen LogP contribution in [0.1, 0.15) is 18.4 Å². The van der Waals surface area contributed by atoms with Crippen molar-refractivity contribution >= 4 is 11.6 Å². The zero-order chi connectivity index (χ0) is 10.8. The van der Waals surface area contributed by atoms with Crippen molar-refractivity contribution in [1.29, 1.82) is 0 Å². The molecular weight excluding hydrogens is 213 g/mol. The van der Waals surface area contributed by atoms with Gasteiger partial charge in [0.2, 0.25) is 0 Å². The van der Waals surface area contributed by atoms with Crippen LogP contribution in [0.5, 0.6) is 0 Å². The van der Waals surface area contributed by atoms with Crippen molar-refractivity contribution in [3.8, 4) is 0 Å². The first-order valence-corrected chi connectivity index (χ1v) is 5.42. The average molecular weight is 226 g/mol. The minimum Gasteiger partial charge on any atom is -0.324 e. The van der Waals surface area contributed by atoms with Gasteiger partial charge in [0, 0.05) is 11.1 Å². The standard InChI is InChI=1S/C12H13ClFN/c13-10-3-2-9(12(14)7-10)5-8-1-4-11(15)6-8/h2-3,6-7,11H,1,4-5,15H2. The molecule has 0 spiro atoms. The van der Waals surface area contributed by atoms with E-state index in [0.717, 1.165) is 12.8 Å². The van der Waals surface area contributed by atoms with Gasteiger partial charge >= 0.3 is 0 Å². The number of rotatable bonds is 2. The first-order valence-electron chi connectivity index (χ1n) is 5.04. The fourth-order valence-corrected chi connectivity index (χ4v) is 2.04. The third kappa shape index (κ3) is 2.58. The molecule has 80 valence electrons. The fraction of sp³-hybridized carbons (Fsp3) is 0.333. The topological polar surface area (TPSA) is 26.0 Å². The molecule has 1 nitrogen and oxygen atoms in total. The molecule has 1 aromatic carbocycles. The Hall–Kier alpha value is -0.860. The van der Waals surface area contributed by atoms with Crippen LogP contribution in [0.2, 0.25) is 5.02 Å². The Balaban J connectivity index is 2.14. The molecule has 1 aromatic rings. The van der Waals surface area contributed by atoms with Crippen LogP contribution in [-0.4, -0.2) is 6.04 Å². The lowest BCUT2D eigenvalue weighted by Crippen LogP contribution is -2.11. The van der Waals surface area contributed by atoms with Gasteiger partial charge in [0.05, 0.1) is 0 Å². The Morgan fingerprint density at radius 2 is 2.27 bits per heavy atom. The normalized spacial score (nSPS) is 20.5. The highest BCUT2D eigenvalue weighted by Gasteiger charge is 2.13. The predicted molar refractivity (Wildman–Crippen MR) is 60.4 cm³/mol. The summed E-state index contributed by atoms with van der Waals surface area (Å²) in [6, 6.07) is 4.96. The molecule has 0 heterocycles. The van der Waals surface area contributed by atoms with Gasteiger partial charge in [0.15, 0.2) is 0 Å². The lowest BCUT2D eigenvalue weighted by atomic mass is 10.0. The Bertz CT molecular complexity index is 401. The minimum absolute atomic E-state index is 0.148. The number of hydrogen-bond acceptors (Lipinski definition) is 1. The lowest BCUT2D eigenvalue weighted by molar-refractivity contribution is 0.612. The maximum Gasteiger partial charge on any atom is 0.128 e. The SMILES string of the molecule is NC1C=C(Cc2ccc(Cl)cc2F)CC1. The van der Waals surface area contributed by atoms with Gasteiger partial charge in [-0.15, -0.1) is 0 Å². The second-order valence-corrected chi connectivity index (χ2v) is 4.38. The van der Waals surface area contributed by atoms with Gasteiger partial charge in [-0.05, 0) is 37.0 Å². The van der Waals surface area contributed by atoms with Crippen LogP contribution in [0.3, 0.4) is 0 Å². The monoisotopic (exact) mass is 225 g/mol. The van der Waals surface area contributed by atoms with E-state index in [9.17, 15) is 4.39 Å². The number of benzene rings is 1. The van der Waals surface area contributed by atoms with Gasteiger partial charge in [0.1, 0.15) is 5.82 Å². The van der Waals surface area contributed by atoms with Gasteiger partial charge in [-0.2, -0.15) is 0 Å². The highest BCUT2D eigenvalue weighted by molar-refractivity contribution is 6.30. The third-order valence-corrected chi connectivity index (χ3v) is 2.92. The molecule has 0 aromatic heterocycles. The molecule has 0 radical (unpaired) electrons. The van der Waals surface area contributed by atoms with Gasteiger partial charge < -0.3 is 5.73 Å². The van der Waals surface area contributed by atoms with E-state index in [4.69, 9.17) is 17.3 Å². The van der Waals surface area contributed by atoms with Crippen molar-refractivity contribution in [1.82, 2.24) is 0 Å². The number of halogens is 2. The smallest absolute Gasteiger partial charge is 0.128 e. The van der Waals surface area contributed by atoms with Gasteiger partial charge in [-0.1, -0.05) is 29.3 Å². The number of hydrogen-bond donors (Lipinski definition) is 1. The van der Waals surface area contributed by atoms with E-state index < -0.39 is 0 Å². The Morgan fingerprint density at radius 3 is 2.87 bits per heavy atom. The van der Waals surface area contributed by atoms with Crippen LogP contribution < -0.4 is 5.73 Å². The number of allylic oxidation sites excluding steroid dienone is 1. The molecule has 15 heavy (non-hydrogen) atoms. The summed E-state index contributed by atoms with van der Waals surface area (Å²) in [4.78, 5) is 0. The highest BCUT2D eigenvalue weighted by atomic mass is 35.5. The van der Waals surface area contributed by atoms with Crippen LogP contribution in [0, 0.1) is 5.82 Å². The Labute approximate surface area is 93.7 Å². The summed E-state index contributed by atoms with van der Waals surface area (Å²) >= 11 is 5.68. The van der Waals surface area contributed by atoms with E-state index >= 15 is 0 Å². The summed E-state index contributed by atoms with van der Waals surface area (Å²) < 4.78 is 13.5. The Morgan fingerprint density at radius 1 is 1.47 bits per heavy atom. The van der Waals surface area contributed by atoms with Crippen LogP contribution >= 0.6 is 11.6 Å².